The highest BCUT2D eigenvalue weighted by molar-refractivity contribution is 5.96. The van der Waals surface area contributed by atoms with Crippen LogP contribution in [0.5, 0.6) is 0 Å². The molecular formula is C27H25N3O5. The summed E-state index contributed by atoms with van der Waals surface area (Å²) in [5, 5.41) is 15.4. The lowest BCUT2D eigenvalue weighted by Gasteiger charge is -2.24. The zero-order valence-electron chi connectivity index (χ0n) is 19.3. The minimum atomic E-state index is -0.474. The standard InChI is InChI=1S/C27H25N3O5/c1-19-21(12-7-13-24(19)30(33)34)27(32)29(18-20-9-3-2-4-10-20)16-8-15-28-23-17-26(31)35-25-14-6-5-11-22(23)25/h2-7,9-14,17,28H,8,15-16,18H2,1H3. The number of anilines is 1. The van der Waals surface area contributed by atoms with Gasteiger partial charge >= 0.3 is 5.63 Å². The second-order valence-electron chi connectivity index (χ2n) is 8.17. The highest BCUT2D eigenvalue weighted by Crippen LogP contribution is 2.24. The first-order valence-corrected chi connectivity index (χ1v) is 11.3. The smallest absolute Gasteiger partial charge is 0.338 e. The van der Waals surface area contributed by atoms with Crippen molar-refractivity contribution in [3.05, 3.63) is 116 Å². The third-order valence-electron chi connectivity index (χ3n) is 5.81. The van der Waals surface area contributed by atoms with E-state index in [4.69, 9.17) is 4.42 Å². The first-order valence-electron chi connectivity index (χ1n) is 11.3. The fourth-order valence-corrected chi connectivity index (χ4v) is 4.03. The molecule has 0 unspecified atom stereocenters. The number of para-hydroxylation sites is 1. The summed E-state index contributed by atoms with van der Waals surface area (Å²) in [6.45, 7) is 2.90. The van der Waals surface area contributed by atoms with E-state index in [9.17, 15) is 19.7 Å². The number of carbonyl (C=O) groups is 1. The number of nitrogens with one attached hydrogen (secondary N) is 1. The van der Waals surface area contributed by atoms with E-state index < -0.39 is 10.5 Å². The van der Waals surface area contributed by atoms with Crippen molar-refractivity contribution in [1.82, 2.24) is 4.90 Å². The summed E-state index contributed by atoms with van der Waals surface area (Å²) in [7, 11) is 0. The average Bonchev–Trinajstić information content (AvgIpc) is 2.86. The van der Waals surface area contributed by atoms with E-state index in [0.29, 0.717) is 48.5 Å². The summed E-state index contributed by atoms with van der Waals surface area (Å²) < 4.78 is 5.23. The van der Waals surface area contributed by atoms with Gasteiger partial charge < -0.3 is 14.6 Å². The van der Waals surface area contributed by atoms with Gasteiger partial charge in [-0.15, -0.1) is 0 Å². The Kier molecular flexibility index (Phi) is 7.21. The second kappa shape index (κ2) is 10.6. The van der Waals surface area contributed by atoms with Crippen LogP contribution in [-0.2, 0) is 6.54 Å². The molecule has 0 aliphatic rings. The van der Waals surface area contributed by atoms with E-state index in [-0.39, 0.29) is 11.6 Å². The van der Waals surface area contributed by atoms with Gasteiger partial charge in [-0.2, -0.15) is 0 Å². The number of benzene rings is 3. The lowest BCUT2D eigenvalue weighted by atomic mass is 10.0. The van der Waals surface area contributed by atoms with Crippen LogP contribution < -0.4 is 10.9 Å². The Morgan fingerprint density at radius 3 is 2.54 bits per heavy atom. The first kappa shape index (κ1) is 23.7. The van der Waals surface area contributed by atoms with Crippen molar-refractivity contribution in [1.29, 1.82) is 0 Å². The molecule has 0 radical (unpaired) electrons. The van der Waals surface area contributed by atoms with Gasteiger partial charge in [-0.1, -0.05) is 48.5 Å². The summed E-state index contributed by atoms with van der Waals surface area (Å²) >= 11 is 0. The molecule has 0 saturated carbocycles. The number of carbonyl (C=O) groups excluding carboxylic acids is 1. The Morgan fingerprint density at radius 1 is 1.03 bits per heavy atom. The van der Waals surface area contributed by atoms with Crippen LogP contribution in [0.15, 0.2) is 88.1 Å². The second-order valence-corrected chi connectivity index (χ2v) is 8.17. The van der Waals surface area contributed by atoms with Gasteiger partial charge in [-0.05, 0) is 37.1 Å². The highest BCUT2D eigenvalue weighted by Gasteiger charge is 2.22. The van der Waals surface area contributed by atoms with Crippen LogP contribution in [0, 0.1) is 17.0 Å². The fraction of sp³-hybridized carbons (Fsp3) is 0.185. The van der Waals surface area contributed by atoms with Crippen molar-refractivity contribution in [2.24, 2.45) is 0 Å². The first-order chi connectivity index (χ1) is 16.9. The summed E-state index contributed by atoms with van der Waals surface area (Å²) in [5.41, 5.74) is 2.29. The Labute approximate surface area is 202 Å². The van der Waals surface area contributed by atoms with Crippen LogP contribution in [-0.4, -0.2) is 28.8 Å². The zero-order chi connectivity index (χ0) is 24.8. The van der Waals surface area contributed by atoms with Gasteiger partial charge in [0.15, 0.2) is 0 Å². The molecule has 0 bridgehead atoms. The van der Waals surface area contributed by atoms with Crippen molar-refractivity contribution >= 4 is 28.3 Å². The van der Waals surface area contributed by atoms with Crippen LogP contribution in [0.25, 0.3) is 11.0 Å². The summed E-state index contributed by atoms with van der Waals surface area (Å²) in [6.07, 6.45) is 0.598. The van der Waals surface area contributed by atoms with Crippen LogP contribution >= 0.6 is 0 Å². The molecule has 4 aromatic rings. The topological polar surface area (TPSA) is 106 Å². The zero-order valence-corrected chi connectivity index (χ0v) is 19.3. The third-order valence-corrected chi connectivity index (χ3v) is 5.81. The number of nitro groups is 1. The van der Waals surface area contributed by atoms with Gasteiger partial charge in [0.2, 0.25) is 0 Å². The molecule has 4 rings (SSSR count). The molecule has 8 heteroatoms. The molecule has 178 valence electrons. The molecule has 35 heavy (non-hydrogen) atoms. The van der Waals surface area contributed by atoms with Crippen molar-refractivity contribution in [2.75, 3.05) is 18.4 Å². The van der Waals surface area contributed by atoms with Gasteiger partial charge in [-0.25, -0.2) is 4.79 Å². The molecular weight excluding hydrogens is 446 g/mol. The van der Waals surface area contributed by atoms with E-state index in [2.05, 4.69) is 5.32 Å². The maximum Gasteiger partial charge on any atom is 0.338 e. The number of fused-ring (bicyclic) bond motifs is 1. The van der Waals surface area contributed by atoms with Crippen molar-refractivity contribution in [2.45, 2.75) is 19.9 Å². The van der Waals surface area contributed by atoms with Crippen LogP contribution in [0.4, 0.5) is 11.4 Å². The molecule has 0 aliphatic heterocycles. The molecule has 1 N–H and O–H groups in total. The fourth-order valence-electron chi connectivity index (χ4n) is 4.03. The van der Waals surface area contributed by atoms with Crippen molar-refractivity contribution in [3.8, 4) is 0 Å². The lowest BCUT2D eigenvalue weighted by Crippen LogP contribution is -2.33. The Morgan fingerprint density at radius 2 is 1.77 bits per heavy atom. The molecule has 0 fully saturated rings. The Hall–Kier alpha value is -4.46. The number of hydrogen-bond acceptors (Lipinski definition) is 6. The predicted octanol–water partition coefficient (Wildman–Crippen LogP) is 5.15. The molecule has 3 aromatic carbocycles. The molecule has 1 amide bonds. The summed E-state index contributed by atoms with van der Waals surface area (Å²) in [5.74, 6) is -0.263. The SMILES string of the molecule is Cc1c(C(=O)N(CCCNc2cc(=O)oc3ccccc23)Cc2ccccc2)cccc1[N+](=O)[O-]. The number of nitrogens with zero attached hydrogens (tertiary/aromatic N) is 2. The molecule has 1 heterocycles. The third kappa shape index (κ3) is 5.55. The van der Waals surface area contributed by atoms with E-state index >= 15 is 0 Å². The van der Waals surface area contributed by atoms with E-state index in [1.54, 1.807) is 30.0 Å². The van der Waals surface area contributed by atoms with Gasteiger partial charge in [0.1, 0.15) is 5.58 Å². The molecule has 0 aliphatic carbocycles. The van der Waals surface area contributed by atoms with E-state index in [1.165, 1.54) is 18.2 Å². The van der Waals surface area contributed by atoms with Gasteiger partial charge in [0.25, 0.3) is 11.6 Å². The van der Waals surface area contributed by atoms with Crippen LogP contribution in [0.3, 0.4) is 0 Å². The molecule has 0 atom stereocenters. The summed E-state index contributed by atoms with van der Waals surface area (Å²) in [4.78, 5) is 37.9. The van der Waals surface area contributed by atoms with Gasteiger partial charge in [0, 0.05) is 48.3 Å². The van der Waals surface area contributed by atoms with Crippen LogP contribution in [0.2, 0.25) is 0 Å². The monoisotopic (exact) mass is 471 g/mol. The van der Waals surface area contributed by atoms with Gasteiger partial charge in [-0.3, -0.25) is 14.9 Å². The predicted molar refractivity (Wildman–Crippen MR) is 135 cm³/mol. The molecule has 0 spiro atoms. The normalized spacial score (nSPS) is 10.8. The van der Waals surface area contributed by atoms with E-state index in [0.717, 1.165) is 10.9 Å². The van der Waals surface area contributed by atoms with Crippen LogP contribution in [0.1, 0.15) is 27.9 Å². The maximum absolute atomic E-state index is 13.5. The summed E-state index contributed by atoms with van der Waals surface area (Å²) in [6, 6.07) is 22.9. The number of hydrogen-bond donors (Lipinski definition) is 1. The van der Waals surface area contributed by atoms with Gasteiger partial charge in [0.05, 0.1) is 10.6 Å². The minimum Gasteiger partial charge on any atom is -0.423 e. The Balaban J connectivity index is 1.51. The molecule has 1 aromatic heterocycles. The van der Waals surface area contributed by atoms with Crippen molar-refractivity contribution < 1.29 is 14.1 Å². The number of nitro benzene ring substituents is 1. The Bertz CT molecular complexity index is 1420. The average molecular weight is 472 g/mol. The maximum atomic E-state index is 13.5. The lowest BCUT2D eigenvalue weighted by molar-refractivity contribution is -0.385. The largest absolute Gasteiger partial charge is 0.423 e. The number of rotatable bonds is 9. The highest BCUT2D eigenvalue weighted by atomic mass is 16.6. The quantitative estimate of drug-likeness (QED) is 0.157. The molecule has 8 nitrogen and oxygen atoms in total. The molecule has 0 saturated heterocycles. The van der Waals surface area contributed by atoms with E-state index in [1.807, 2.05) is 42.5 Å². The number of amides is 1. The minimum absolute atomic E-state index is 0.0769. The van der Waals surface area contributed by atoms with Crippen molar-refractivity contribution in [3.63, 3.8) is 0 Å².